The second kappa shape index (κ2) is 9.42. The number of unbranched alkanes of at least 4 members (excludes halogenated alkanes) is 4. The van der Waals surface area contributed by atoms with Crippen LogP contribution in [-0.4, -0.2) is 34.8 Å². The van der Waals surface area contributed by atoms with E-state index < -0.39 is 17.5 Å². The Balaban J connectivity index is 1.91. The van der Waals surface area contributed by atoms with E-state index in [1.54, 1.807) is 19.1 Å². The molecule has 6 nitrogen and oxygen atoms in total. The number of carbonyl (C=O) groups excluding carboxylic acids is 3. The summed E-state index contributed by atoms with van der Waals surface area (Å²) in [6.45, 7) is 3.50. The van der Waals surface area contributed by atoms with Gasteiger partial charge in [0.25, 0.3) is 5.91 Å². The van der Waals surface area contributed by atoms with E-state index in [1.165, 1.54) is 6.07 Å². The van der Waals surface area contributed by atoms with E-state index >= 15 is 0 Å². The topological polar surface area (TPSA) is 78.5 Å². The number of hydrogen-bond donors (Lipinski definition) is 2. The van der Waals surface area contributed by atoms with E-state index in [1.807, 2.05) is 0 Å². The number of halogens is 2. The molecular weight excluding hydrogens is 389 g/mol. The first-order chi connectivity index (χ1) is 12.8. The van der Waals surface area contributed by atoms with Crippen molar-refractivity contribution in [3.63, 3.8) is 0 Å². The molecule has 8 heteroatoms. The lowest BCUT2D eigenvalue weighted by molar-refractivity contribution is -0.133. The lowest BCUT2D eigenvalue weighted by Crippen LogP contribution is -2.44. The van der Waals surface area contributed by atoms with Crippen LogP contribution in [0.15, 0.2) is 18.2 Å². The van der Waals surface area contributed by atoms with Gasteiger partial charge in [0.05, 0.1) is 10.0 Å². The minimum absolute atomic E-state index is 0.306. The second-order valence-corrected chi connectivity index (χ2v) is 7.81. The zero-order valence-corrected chi connectivity index (χ0v) is 17.1. The zero-order chi connectivity index (χ0) is 20.0. The average Bonchev–Trinajstić information content (AvgIpc) is 2.81. The molecule has 2 rings (SSSR count). The van der Waals surface area contributed by atoms with Crippen LogP contribution in [0, 0.1) is 0 Å². The van der Waals surface area contributed by atoms with Gasteiger partial charge in [0.1, 0.15) is 12.1 Å². The quantitative estimate of drug-likeness (QED) is 0.458. The molecule has 27 heavy (non-hydrogen) atoms. The fraction of sp³-hybridized carbons (Fsp3) is 0.526. The van der Waals surface area contributed by atoms with Crippen molar-refractivity contribution in [2.75, 3.05) is 11.9 Å². The highest BCUT2D eigenvalue weighted by Crippen LogP contribution is 2.26. The molecule has 2 N–H and O–H groups in total. The largest absolute Gasteiger partial charge is 0.325 e. The van der Waals surface area contributed by atoms with E-state index in [0.717, 1.165) is 37.0 Å². The number of anilines is 1. The summed E-state index contributed by atoms with van der Waals surface area (Å²) in [5, 5.41) is 6.02. The molecule has 148 valence electrons. The van der Waals surface area contributed by atoms with E-state index in [2.05, 4.69) is 17.6 Å². The van der Waals surface area contributed by atoms with E-state index in [9.17, 15) is 14.4 Å². The van der Waals surface area contributed by atoms with Crippen LogP contribution in [0.25, 0.3) is 0 Å². The Kier molecular flexibility index (Phi) is 7.50. The van der Waals surface area contributed by atoms with Gasteiger partial charge >= 0.3 is 6.03 Å². The number of urea groups is 1. The van der Waals surface area contributed by atoms with E-state index in [0.29, 0.717) is 22.2 Å². The normalized spacial score (nSPS) is 19.3. The van der Waals surface area contributed by atoms with Crippen LogP contribution in [-0.2, 0) is 9.59 Å². The van der Waals surface area contributed by atoms with Gasteiger partial charge in [-0.3, -0.25) is 14.5 Å². The summed E-state index contributed by atoms with van der Waals surface area (Å²) >= 11 is 11.8. The lowest BCUT2D eigenvalue weighted by Gasteiger charge is -2.21. The standard InChI is InChI=1S/C19H25Cl2N3O3/c1-3-4-5-6-7-10-19(2)17(26)24(18(27)23-19)12-16(25)22-13-8-9-14(20)15(21)11-13/h8-9,11H,3-7,10,12H2,1-2H3,(H,22,25)(H,23,27)/t19-/m1/s1. The number of hydrogen-bond acceptors (Lipinski definition) is 3. The van der Waals surface area contributed by atoms with Gasteiger partial charge in [-0.05, 0) is 31.5 Å². The van der Waals surface area contributed by atoms with Crippen LogP contribution in [0.2, 0.25) is 10.0 Å². The molecule has 1 aromatic rings. The van der Waals surface area contributed by atoms with Gasteiger partial charge in [-0.25, -0.2) is 4.79 Å². The highest BCUT2D eigenvalue weighted by atomic mass is 35.5. The van der Waals surface area contributed by atoms with Gasteiger partial charge in [-0.15, -0.1) is 0 Å². The summed E-state index contributed by atoms with van der Waals surface area (Å²) in [5.41, 5.74) is -0.507. The third kappa shape index (κ3) is 5.59. The number of amides is 4. The monoisotopic (exact) mass is 413 g/mol. The summed E-state index contributed by atoms with van der Waals surface area (Å²) in [5.74, 6) is -0.851. The first-order valence-corrected chi connectivity index (χ1v) is 9.91. The van der Waals surface area contributed by atoms with Crippen molar-refractivity contribution in [3.05, 3.63) is 28.2 Å². The highest BCUT2D eigenvalue weighted by Gasteiger charge is 2.47. The van der Waals surface area contributed by atoms with Gasteiger partial charge in [0.15, 0.2) is 0 Å². The van der Waals surface area contributed by atoms with Gasteiger partial charge in [-0.1, -0.05) is 62.2 Å². The Labute approximate surface area is 169 Å². The molecule has 1 aliphatic heterocycles. The van der Waals surface area contributed by atoms with Crippen LogP contribution in [0.3, 0.4) is 0 Å². The summed E-state index contributed by atoms with van der Waals surface area (Å²) < 4.78 is 0. The molecule has 0 aliphatic carbocycles. The maximum atomic E-state index is 12.7. The Hall–Kier alpha value is -1.79. The molecule has 0 radical (unpaired) electrons. The molecule has 4 amide bonds. The van der Waals surface area contributed by atoms with Crippen molar-refractivity contribution in [1.82, 2.24) is 10.2 Å². The number of nitrogens with zero attached hydrogens (tertiary/aromatic N) is 1. The molecule has 1 aliphatic rings. The van der Waals surface area contributed by atoms with Crippen molar-refractivity contribution in [2.24, 2.45) is 0 Å². The first kappa shape index (κ1) is 21.5. The molecule has 1 saturated heterocycles. The second-order valence-electron chi connectivity index (χ2n) is 6.99. The predicted octanol–water partition coefficient (Wildman–Crippen LogP) is 4.60. The number of nitrogens with one attached hydrogen (secondary N) is 2. The first-order valence-electron chi connectivity index (χ1n) is 9.16. The van der Waals surface area contributed by atoms with Gasteiger partial charge in [0.2, 0.25) is 5.91 Å². The van der Waals surface area contributed by atoms with Crippen molar-refractivity contribution in [3.8, 4) is 0 Å². The smallest absolute Gasteiger partial charge is 0.324 e. The molecular formula is C19H25Cl2N3O3. The summed E-state index contributed by atoms with van der Waals surface area (Å²) in [6.07, 6.45) is 5.86. The summed E-state index contributed by atoms with van der Waals surface area (Å²) in [4.78, 5) is 38.1. The maximum absolute atomic E-state index is 12.7. The van der Waals surface area contributed by atoms with Crippen LogP contribution < -0.4 is 10.6 Å². The maximum Gasteiger partial charge on any atom is 0.325 e. The fourth-order valence-electron chi connectivity index (χ4n) is 3.06. The Bertz CT molecular complexity index is 726. The molecule has 1 fully saturated rings. The molecule has 0 spiro atoms. The number of benzene rings is 1. The minimum Gasteiger partial charge on any atom is -0.324 e. The highest BCUT2D eigenvalue weighted by molar-refractivity contribution is 6.42. The molecule has 0 unspecified atom stereocenters. The third-order valence-electron chi connectivity index (χ3n) is 4.63. The number of carbonyl (C=O) groups is 3. The number of rotatable bonds is 9. The van der Waals surface area contributed by atoms with Crippen molar-refractivity contribution in [1.29, 1.82) is 0 Å². The average molecular weight is 414 g/mol. The third-order valence-corrected chi connectivity index (χ3v) is 5.37. The van der Waals surface area contributed by atoms with Gasteiger partial charge in [0, 0.05) is 5.69 Å². The van der Waals surface area contributed by atoms with Crippen molar-refractivity contribution < 1.29 is 14.4 Å². The minimum atomic E-state index is -0.951. The Morgan fingerprint density at radius 2 is 1.85 bits per heavy atom. The molecule has 1 heterocycles. The number of imide groups is 1. The SMILES string of the molecule is CCCCCCC[C@@]1(C)NC(=O)N(CC(=O)Nc2ccc(Cl)c(Cl)c2)C1=O. The zero-order valence-electron chi connectivity index (χ0n) is 15.6. The fourth-order valence-corrected chi connectivity index (χ4v) is 3.36. The molecule has 1 aromatic carbocycles. The van der Waals surface area contributed by atoms with E-state index in [4.69, 9.17) is 23.2 Å². The lowest BCUT2D eigenvalue weighted by atomic mass is 9.94. The Morgan fingerprint density at radius 3 is 2.52 bits per heavy atom. The van der Waals surface area contributed by atoms with Crippen LogP contribution in [0.1, 0.15) is 52.4 Å². The molecule has 0 saturated carbocycles. The summed E-state index contributed by atoms with van der Waals surface area (Å²) in [6, 6.07) is 4.12. The van der Waals surface area contributed by atoms with Gasteiger partial charge in [-0.2, -0.15) is 0 Å². The predicted molar refractivity (Wildman–Crippen MR) is 107 cm³/mol. The van der Waals surface area contributed by atoms with Crippen LogP contribution in [0.5, 0.6) is 0 Å². The van der Waals surface area contributed by atoms with Crippen molar-refractivity contribution in [2.45, 2.75) is 57.9 Å². The van der Waals surface area contributed by atoms with Gasteiger partial charge < -0.3 is 10.6 Å². The van der Waals surface area contributed by atoms with Crippen LogP contribution >= 0.6 is 23.2 Å². The van der Waals surface area contributed by atoms with Crippen LogP contribution in [0.4, 0.5) is 10.5 Å². The Morgan fingerprint density at radius 1 is 1.15 bits per heavy atom. The van der Waals surface area contributed by atoms with Crippen molar-refractivity contribution >= 4 is 46.7 Å². The molecule has 1 atom stereocenters. The summed E-state index contributed by atoms with van der Waals surface area (Å²) in [7, 11) is 0. The molecule has 0 bridgehead atoms. The molecule has 0 aromatic heterocycles. The van der Waals surface area contributed by atoms with E-state index in [-0.39, 0.29) is 12.5 Å².